The first-order valence-corrected chi connectivity index (χ1v) is 30.3. The molecular weight excluding hydrogens is 1100 g/mol. The van der Waals surface area contributed by atoms with Gasteiger partial charge in [-0.05, 0) is 97.5 Å². The Bertz CT molecular complexity index is 2570. The molecule has 85 heavy (non-hydrogen) atoms. The molecule has 23 heteroatoms. The molecule has 0 radical (unpaired) electrons. The smallest absolute Gasteiger partial charge is 0.425 e. The molecule has 5 aliphatic rings. The number of hydrogen-bond donors (Lipinski definition) is 4. The van der Waals surface area contributed by atoms with Gasteiger partial charge in [0.15, 0.2) is 11.9 Å². The summed E-state index contributed by atoms with van der Waals surface area (Å²) >= 11 is 0. The number of methoxy groups -OCH3 is 3. The molecule has 7 rings (SSSR count). The Morgan fingerprint density at radius 1 is 0.988 bits per heavy atom. The summed E-state index contributed by atoms with van der Waals surface area (Å²) in [7, 11) is 6.69. The first kappa shape index (κ1) is 67.7. The van der Waals surface area contributed by atoms with E-state index in [-0.39, 0.29) is 49.2 Å². The van der Waals surface area contributed by atoms with Crippen molar-refractivity contribution in [3.05, 3.63) is 54.1 Å². The number of carbonyl (C=O) groups excluding carboxylic acids is 3. The van der Waals surface area contributed by atoms with Gasteiger partial charge in [-0.15, -0.1) is 0 Å². The summed E-state index contributed by atoms with van der Waals surface area (Å²) in [5, 5.41) is 14.2. The molecule has 6 heterocycles. The van der Waals surface area contributed by atoms with Crippen LogP contribution in [0.2, 0.25) is 0 Å². The average molecular weight is 1200 g/mol. The Labute approximate surface area is 502 Å². The van der Waals surface area contributed by atoms with Crippen molar-refractivity contribution in [2.75, 3.05) is 60.5 Å². The van der Waals surface area contributed by atoms with Crippen molar-refractivity contribution in [1.29, 1.82) is 0 Å². The number of nitrogens with one attached hydrogen (secondary N) is 1. The monoisotopic (exact) mass is 1200 g/mol. The van der Waals surface area contributed by atoms with Crippen LogP contribution in [0.3, 0.4) is 0 Å². The summed E-state index contributed by atoms with van der Waals surface area (Å²) in [5.41, 5.74) is 8.10. The Hall–Kier alpha value is -4.79. The van der Waals surface area contributed by atoms with Gasteiger partial charge in [-0.1, -0.05) is 58.9 Å². The van der Waals surface area contributed by atoms with Crippen LogP contribution in [0.4, 0.5) is 15.1 Å². The van der Waals surface area contributed by atoms with Gasteiger partial charge in [-0.3, -0.25) is 14.6 Å². The Balaban J connectivity index is 1.16. The molecular formula is C62H98FN9O13. The largest absolute Gasteiger partial charge is 0.458 e. The quantitative estimate of drug-likeness (QED) is 0.0419. The zero-order valence-electron chi connectivity index (χ0n) is 52.6. The number of nitrogens with two attached hydrogens (primary N) is 2. The van der Waals surface area contributed by atoms with Crippen LogP contribution in [0.5, 0.6) is 0 Å². The fourth-order valence-corrected chi connectivity index (χ4v) is 14.2. The second kappa shape index (κ2) is 29.0. The molecule has 2 aromatic rings. The van der Waals surface area contributed by atoms with Gasteiger partial charge in [0, 0.05) is 108 Å². The SMILES string of the molecule is C=N/C(=C\N(N)[C@H](CF)[C@H](OC)c1ccc(-c2cnc(N)nc2)cc1)CCN(C)[C@@H]1C[C@H](O[C@@H]2[C@@H](C)C([C@H]3C[C@@](C)(OC)[C@@H](O)[C@H](C)O3)[C@@H](C)C(=O)O[C@H](CC)[C@@]3(C)OC(=O)N(NC[C@@H]4CCCO4)[C@@H]3[C@@H](C)C(=O)[C@H](C)C[C@@]2(C)OC)O[C@H](C)C1. The third kappa shape index (κ3) is 15.0. The molecule has 0 aliphatic carbocycles. The topological polar surface area (TPSA) is 266 Å². The number of aromatic nitrogens is 2. The fraction of sp³-hybridized carbons (Fsp3) is 0.742. The number of aliphatic imine (C=N–C) groups is 1. The lowest BCUT2D eigenvalue weighted by Crippen LogP contribution is -2.62. The van der Waals surface area contributed by atoms with E-state index in [0.29, 0.717) is 50.2 Å². The van der Waals surface area contributed by atoms with Crippen molar-refractivity contribution in [3.63, 3.8) is 0 Å². The van der Waals surface area contributed by atoms with Gasteiger partial charge in [-0.2, -0.15) is 0 Å². The highest BCUT2D eigenvalue weighted by atomic mass is 19.1. The minimum Gasteiger partial charge on any atom is -0.458 e. The summed E-state index contributed by atoms with van der Waals surface area (Å²) in [5.74, 6) is 2.49. The molecule has 0 bridgehead atoms. The first-order valence-electron chi connectivity index (χ1n) is 30.3. The zero-order valence-corrected chi connectivity index (χ0v) is 52.6. The summed E-state index contributed by atoms with van der Waals surface area (Å²) in [4.78, 5) is 59.3. The van der Waals surface area contributed by atoms with Crippen LogP contribution in [-0.4, -0.2) is 193 Å². The van der Waals surface area contributed by atoms with Gasteiger partial charge in [0.2, 0.25) is 5.95 Å². The van der Waals surface area contributed by atoms with E-state index in [0.717, 1.165) is 24.0 Å². The van der Waals surface area contributed by atoms with Crippen LogP contribution in [0, 0.1) is 29.6 Å². The minimum atomic E-state index is -1.46. The molecule has 6 N–H and O–H groups in total. The van der Waals surface area contributed by atoms with Crippen molar-refractivity contribution in [1.82, 2.24) is 30.3 Å². The number of nitrogens with zero attached hydrogens (tertiary/aromatic N) is 6. The molecule has 1 aromatic carbocycles. The van der Waals surface area contributed by atoms with Gasteiger partial charge in [-0.25, -0.2) is 35.4 Å². The molecule has 5 saturated heterocycles. The van der Waals surface area contributed by atoms with Crippen molar-refractivity contribution in [2.45, 2.75) is 211 Å². The van der Waals surface area contributed by atoms with E-state index < -0.39 is 120 Å². The Morgan fingerprint density at radius 3 is 2.27 bits per heavy atom. The molecule has 20 atom stereocenters. The fourth-order valence-electron chi connectivity index (χ4n) is 14.2. The summed E-state index contributed by atoms with van der Waals surface area (Å²) in [6, 6.07) is 5.60. The number of hydrogen-bond acceptors (Lipinski definition) is 21. The second-order valence-electron chi connectivity index (χ2n) is 25.1. The third-order valence-corrected chi connectivity index (χ3v) is 19.3. The van der Waals surface area contributed by atoms with Crippen LogP contribution < -0.4 is 17.0 Å². The number of cyclic esters (lactones) is 1. The predicted octanol–water partition coefficient (Wildman–Crippen LogP) is 7.14. The number of alkyl halides is 1. The zero-order chi connectivity index (χ0) is 62.3. The number of ether oxygens (including phenoxy) is 9. The van der Waals surface area contributed by atoms with Gasteiger partial charge in [0.25, 0.3) is 0 Å². The van der Waals surface area contributed by atoms with E-state index in [1.807, 2.05) is 79.8 Å². The van der Waals surface area contributed by atoms with Crippen LogP contribution >= 0.6 is 0 Å². The summed E-state index contributed by atoms with van der Waals surface area (Å²) in [6.07, 6.45) is 1.93. The number of aliphatic hydroxyl groups excluding tert-OH is 1. The lowest BCUT2D eigenvalue weighted by Gasteiger charge is -2.52. The Kier molecular flexibility index (Phi) is 23.1. The van der Waals surface area contributed by atoms with Crippen molar-refractivity contribution in [2.24, 2.45) is 40.4 Å². The van der Waals surface area contributed by atoms with E-state index in [4.69, 9.17) is 54.2 Å². The number of fused-ring (bicyclic) bond motifs is 1. The van der Waals surface area contributed by atoms with E-state index in [2.05, 4.69) is 32.0 Å². The van der Waals surface area contributed by atoms with Crippen LogP contribution in [0.1, 0.15) is 132 Å². The molecule has 1 aromatic heterocycles. The number of ketones is 1. The predicted molar refractivity (Wildman–Crippen MR) is 318 cm³/mol. The first-order chi connectivity index (χ1) is 40.3. The number of Topliss-reactive ketones (excluding diaryl/α,β-unsaturated/α-hetero) is 1. The number of anilines is 1. The standard InChI is InChI=1S/C62H98FN9O13/c1-16-49-62(10)54(72(59(76)85-62)69-33-46-18-17-25-80-46)39(6)52(73)35(2)28-61(9,79-15)56(37(4)51(38(5)57(75)83-49)48-29-60(8,78-14)55(74)40(7)82-48)84-50-27-45(26-36(3)81-50)70(12)24-23-44(66-11)34-71(65)47(30-63)53(77-13)42-21-19-41(20-22-42)43-31-67-58(64)68-32-43/h19-22,31-32,34-40,45-51,53-56,69,74H,11,16-18,23-30,33,65H2,1-10,12-15H3,(H2,64,67,68)/b44-34-/t35-,36-,37+,38-,39+,40+,45+,46+,47-,48-,49-,50+,51?,53-,54-,55+,56-,60-,61-,62-/m1/s1. The molecule has 5 fully saturated rings. The summed E-state index contributed by atoms with van der Waals surface area (Å²) in [6.45, 7) is 23.1. The van der Waals surface area contributed by atoms with Crippen LogP contribution in [-0.2, 0) is 52.2 Å². The molecule has 0 saturated carbocycles. The molecule has 476 valence electrons. The lowest BCUT2D eigenvalue weighted by atomic mass is 9.67. The molecule has 5 aliphatic heterocycles. The third-order valence-electron chi connectivity index (χ3n) is 19.3. The van der Waals surface area contributed by atoms with E-state index in [1.54, 1.807) is 53.6 Å². The number of hydrazine groups is 2. The highest BCUT2D eigenvalue weighted by Crippen LogP contribution is 2.47. The number of nitrogen functional groups attached to an aromatic ring is 1. The number of carbonyl (C=O) groups is 3. The molecule has 22 nitrogen and oxygen atoms in total. The van der Waals surface area contributed by atoms with Crippen LogP contribution in [0.25, 0.3) is 11.1 Å². The number of esters is 1. The summed E-state index contributed by atoms with van der Waals surface area (Å²) < 4.78 is 73.3. The number of benzene rings is 1. The van der Waals surface area contributed by atoms with Gasteiger partial charge < -0.3 is 63.4 Å². The molecule has 0 spiro atoms. The minimum absolute atomic E-state index is 0.0680. The maximum absolute atomic E-state index is 15.3. The lowest BCUT2D eigenvalue weighted by molar-refractivity contribution is -0.278. The van der Waals surface area contributed by atoms with Crippen molar-refractivity contribution in [3.8, 4) is 11.1 Å². The highest BCUT2D eigenvalue weighted by Gasteiger charge is 2.62. The van der Waals surface area contributed by atoms with Crippen molar-refractivity contribution < 1.29 is 66.5 Å². The van der Waals surface area contributed by atoms with Crippen molar-refractivity contribution >= 4 is 30.5 Å². The van der Waals surface area contributed by atoms with E-state index >= 15 is 14.0 Å². The number of amides is 1. The van der Waals surface area contributed by atoms with Gasteiger partial charge >= 0.3 is 12.1 Å². The number of aliphatic hydroxyl groups is 1. The molecule has 1 amide bonds. The van der Waals surface area contributed by atoms with Gasteiger partial charge in [0.1, 0.15) is 42.9 Å². The second-order valence-corrected chi connectivity index (χ2v) is 25.1. The molecule has 1 unspecified atom stereocenters. The highest BCUT2D eigenvalue weighted by molar-refractivity contribution is 5.85. The average Bonchev–Trinajstić information content (AvgIpc) is 1.87. The van der Waals surface area contributed by atoms with Gasteiger partial charge in [0.05, 0.1) is 53.3 Å². The Morgan fingerprint density at radius 2 is 1.67 bits per heavy atom. The normalized spacial score (nSPS) is 37.0. The maximum Gasteiger partial charge on any atom is 0.425 e. The van der Waals surface area contributed by atoms with E-state index in [9.17, 15) is 9.90 Å². The van der Waals surface area contributed by atoms with Crippen LogP contribution in [0.15, 0.2) is 53.5 Å². The number of rotatable bonds is 21. The number of halogens is 1. The maximum atomic E-state index is 15.3. The van der Waals surface area contributed by atoms with E-state index in [1.165, 1.54) is 17.1 Å².